The molecule has 1 aromatic carbocycles. The lowest BCUT2D eigenvalue weighted by molar-refractivity contribution is 0.542. The average Bonchev–Trinajstić information content (AvgIpc) is 2.77. The summed E-state index contributed by atoms with van der Waals surface area (Å²) in [4.78, 5) is 0. The number of hydrogen-bond donors (Lipinski definition) is 2. The summed E-state index contributed by atoms with van der Waals surface area (Å²) >= 11 is 0. The molecule has 3 N–H and O–H groups in total. The van der Waals surface area contributed by atoms with E-state index in [0.29, 0.717) is 0 Å². The van der Waals surface area contributed by atoms with Gasteiger partial charge in [-0.2, -0.15) is 0 Å². The zero-order valence-corrected chi connectivity index (χ0v) is 11.0. The molecular formula is C15H22N2O. The molecule has 2 aromatic rings. The number of benzene rings is 1. The summed E-state index contributed by atoms with van der Waals surface area (Å²) in [5, 5.41) is 4.71. The van der Waals surface area contributed by atoms with Gasteiger partial charge in [0.1, 0.15) is 11.3 Å². The highest BCUT2D eigenvalue weighted by atomic mass is 16.3. The largest absolute Gasteiger partial charge is 0.461 e. The maximum Gasteiger partial charge on any atom is 0.134 e. The van der Waals surface area contributed by atoms with E-state index in [-0.39, 0.29) is 0 Å². The number of fused-ring (bicyclic) bond motifs is 1. The fourth-order valence-corrected chi connectivity index (χ4v) is 2.24. The smallest absolute Gasteiger partial charge is 0.134 e. The van der Waals surface area contributed by atoms with Crippen LogP contribution >= 0.6 is 0 Å². The molecule has 0 bridgehead atoms. The minimum absolute atomic E-state index is 0.774. The van der Waals surface area contributed by atoms with Gasteiger partial charge in [-0.25, -0.2) is 0 Å². The number of nitrogens with two attached hydrogens (primary N) is 1. The van der Waals surface area contributed by atoms with E-state index >= 15 is 0 Å². The first-order valence-electron chi connectivity index (χ1n) is 6.77. The Hall–Kier alpha value is -1.32. The van der Waals surface area contributed by atoms with Crippen LogP contribution in [0.5, 0.6) is 0 Å². The predicted octanol–water partition coefficient (Wildman–Crippen LogP) is 2.82. The van der Waals surface area contributed by atoms with Crippen LogP contribution in [0, 0.1) is 0 Å². The second-order valence-corrected chi connectivity index (χ2v) is 4.53. The third kappa shape index (κ3) is 2.92. The van der Waals surface area contributed by atoms with Gasteiger partial charge in [-0.05, 0) is 32.0 Å². The van der Waals surface area contributed by atoms with Gasteiger partial charge in [0, 0.05) is 23.9 Å². The van der Waals surface area contributed by atoms with Crippen LogP contribution in [0.4, 0.5) is 0 Å². The van der Waals surface area contributed by atoms with E-state index in [9.17, 15) is 0 Å². The van der Waals surface area contributed by atoms with Crippen molar-refractivity contribution >= 4 is 11.0 Å². The normalized spacial score (nSPS) is 11.2. The Bertz CT molecular complexity index is 490. The average molecular weight is 246 g/mol. The molecule has 0 amide bonds. The molecule has 0 aliphatic rings. The molecule has 0 spiro atoms. The van der Waals surface area contributed by atoms with Gasteiger partial charge in [0.2, 0.25) is 0 Å². The van der Waals surface area contributed by atoms with Gasteiger partial charge in [-0.3, -0.25) is 0 Å². The quantitative estimate of drug-likeness (QED) is 0.739. The summed E-state index contributed by atoms with van der Waals surface area (Å²) in [6.07, 6.45) is 3.15. The summed E-state index contributed by atoms with van der Waals surface area (Å²) < 4.78 is 5.87. The standard InChI is InChI=1S/C15H22N2O/c1-2-14-13(11-17-10-6-5-9-16)12-7-3-4-8-15(12)18-14/h3-4,7-8,17H,2,5-6,9-11,16H2,1H3. The van der Waals surface area contributed by atoms with Crippen molar-refractivity contribution in [2.24, 2.45) is 5.73 Å². The molecule has 0 saturated heterocycles. The van der Waals surface area contributed by atoms with Crippen molar-refractivity contribution in [3.05, 3.63) is 35.6 Å². The Morgan fingerprint density at radius 3 is 2.83 bits per heavy atom. The molecule has 0 aliphatic carbocycles. The Morgan fingerprint density at radius 1 is 1.22 bits per heavy atom. The van der Waals surface area contributed by atoms with Crippen molar-refractivity contribution in [2.45, 2.75) is 32.7 Å². The Labute approximate surface area is 108 Å². The van der Waals surface area contributed by atoms with Gasteiger partial charge in [-0.1, -0.05) is 25.1 Å². The SMILES string of the molecule is CCc1oc2ccccc2c1CNCCCCN. The first-order chi connectivity index (χ1) is 8.86. The number of nitrogens with one attached hydrogen (secondary N) is 1. The number of unbranched alkanes of at least 4 members (excludes halogenated alkanes) is 1. The van der Waals surface area contributed by atoms with Crippen molar-refractivity contribution in [3.63, 3.8) is 0 Å². The lowest BCUT2D eigenvalue weighted by Gasteiger charge is -2.04. The van der Waals surface area contributed by atoms with E-state index in [4.69, 9.17) is 10.2 Å². The second kappa shape index (κ2) is 6.57. The fraction of sp³-hybridized carbons (Fsp3) is 0.467. The van der Waals surface area contributed by atoms with Gasteiger partial charge < -0.3 is 15.5 Å². The van der Waals surface area contributed by atoms with E-state index in [2.05, 4.69) is 24.4 Å². The highest BCUT2D eigenvalue weighted by molar-refractivity contribution is 5.82. The summed E-state index contributed by atoms with van der Waals surface area (Å²) in [6.45, 7) is 4.80. The Kier molecular flexibility index (Phi) is 4.79. The summed E-state index contributed by atoms with van der Waals surface area (Å²) in [5.41, 5.74) is 7.78. The number of para-hydroxylation sites is 1. The summed E-state index contributed by atoms with van der Waals surface area (Å²) in [7, 11) is 0. The first kappa shape index (κ1) is 13.1. The minimum atomic E-state index is 0.774. The van der Waals surface area contributed by atoms with Crippen LogP contribution in [0.1, 0.15) is 31.1 Å². The Balaban J connectivity index is 2.06. The molecule has 18 heavy (non-hydrogen) atoms. The summed E-state index contributed by atoms with van der Waals surface area (Å²) in [6, 6.07) is 8.25. The first-order valence-corrected chi connectivity index (χ1v) is 6.77. The maximum absolute atomic E-state index is 5.87. The molecule has 0 aliphatic heterocycles. The van der Waals surface area contributed by atoms with E-state index in [1.54, 1.807) is 0 Å². The van der Waals surface area contributed by atoms with Crippen molar-refractivity contribution in [1.82, 2.24) is 5.32 Å². The number of aryl methyl sites for hydroxylation is 1. The summed E-state index contributed by atoms with van der Waals surface area (Å²) in [5.74, 6) is 1.10. The molecule has 0 radical (unpaired) electrons. The van der Waals surface area contributed by atoms with Gasteiger partial charge in [0.15, 0.2) is 0 Å². The highest BCUT2D eigenvalue weighted by Gasteiger charge is 2.11. The molecular weight excluding hydrogens is 224 g/mol. The van der Waals surface area contributed by atoms with Gasteiger partial charge in [-0.15, -0.1) is 0 Å². The van der Waals surface area contributed by atoms with E-state index < -0.39 is 0 Å². The molecule has 1 aromatic heterocycles. The maximum atomic E-state index is 5.87. The molecule has 0 unspecified atom stereocenters. The monoisotopic (exact) mass is 246 g/mol. The van der Waals surface area contributed by atoms with Gasteiger partial charge >= 0.3 is 0 Å². The zero-order valence-electron chi connectivity index (χ0n) is 11.0. The number of hydrogen-bond acceptors (Lipinski definition) is 3. The van der Waals surface area contributed by atoms with Crippen molar-refractivity contribution in [1.29, 1.82) is 0 Å². The highest BCUT2D eigenvalue weighted by Crippen LogP contribution is 2.26. The zero-order chi connectivity index (χ0) is 12.8. The lowest BCUT2D eigenvalue weighted by Crippen LogP contribution is -2.16. The fourth-order valence-electron chi connectivity index (χ4n) is 2.24. The topological polar surface area (TPSA) is 51.2 Å². The van der Waals surface area contributed by atoms with Crippen LogP contribution in [0.3, 0.4) is 0 Å². The van der Waals surface area contributed by atoms with Crippen LogP contribution in [0.2, 0.25) is 0 Å². The molecule has 2 rings (SSSR count). The molecule has 1 heterocycles. The van der Waals surface area contributed by atoms with Crippen molar-refractivity contribution in [2.75, 3.05) is 13.1 Å². The van der Waals surface area contributed by atoms with E-state index in [1.165, 1.54) is 10.9 Å². The number of furan rings is 1. The van der Waals surface area contributed by atoms with Crippen LogP contribution in [-0.2, 0) is 13.0 Å². The van der Waals surface area contributed by atoms with Crippen LogP contribution in [-0.4, -0.2) is 13.1 Å². The molecule has 3 heteroatoms. The van der Waals surface area contributed by atoms with Gasteiger partial charge in [0.25, 0.3) is 0 Å². The lowest BCUT2D eigenvalue weighted by atomic mass is 10.1. The molecule has 0 saturated carbocycles. The van der Waals surface area contributed by atoms with E-state index in [1.807, 2.05) is 12.1 Å². The Morgan fingerprint density at radius 2 is 2.06 bits per heavy atom. The van der Waals surface area contributed by atoms with Crippen LogP contribution in [0.15, 0.2) is 28.7 Å². The van der Waals surface area contributed by atoms with Crippen molar-refractivity contribution in [3.8, 4) is 0 Å². The second-order valence-electron chi connectivity index (χ2n) is 4.53. The van der Waals surface area contributed by atoms with Crippen LogP contribution in [0.25, 0.3) is 11.0 Å². The molecule has 0 atom stereocenters. The minimum Gasteiger partial charge on any atom is -0.461 e. The molecule has 3 nitrogen and oxygen atoms in total. The van der Waals surface area contributed by atoms with E-state index in [0.717, 1.165) is 50.2 Å². The van der Waals surface area contributed by atoms with Gasteiger partial charge in [0.05, 0.1) is 0 Å². The molecule has 0 fully saturated rings. The van der Waals surface area contributed by atoms with Crippen molar-refractivity contribution < 1.29 is 4.42 Å². The number of rotatable bonds is 7. The third-order valence-corrected chi connectivity index (χ3v) is 3.21. The molecule has 98 valence electrons. The van der Waals surface area contributed by atoms with Crippen LogP contribution < -0.4 is 11.1 Å². The predicted molar refractivity (Wildman–Crippen MR) is 75.6 cm³/mol. The third-order valence-electron chi connectivity index (χ3n) is 3.21.